The summed E-state index contributed by atoms with van der Waals surface area (Å²) in [5.74, 6) is 1.26. The number of phenols is 1. The van der Waals surface area contributed by atoms with E-state index in [-0.39, 0.29) is 5.75 Å². The summed E-state index contributed by atoms with van der Waals surface area (Å²) < 4.78 is 0. The maximum absolute atomic E-state index is 10.2. The van der Waals surface area contributed by atoms with Crippen molar-refractivity contribution >= 4 is 34.0 Å². The second-order valence-electron chi connectivity index (χ2n) is 5.94. The van der Waals surface area contributed by atoms with E-state index in [4.69, 9.17) is 11.6 Å². The molecule has 0 spiro atoms. The third kappa shape index (κ3) is 3.17. The van der Waals surface area contributed by atoms with Gasteiger partial charge in [0.25, 0.3) is 0 Å². The molecule has 5 nitrogen and oxygen atoms in total. The number of aromatic nitrogens is 3. The molecule has 0 fully saturated rings. The Bertz CT molecular complexity index is 1100. The van der Waals surface area contributed by atoms with Crippen LogP contribution in [0.1, 0.15) is 5.56 Å². The fourth-order valence-corrected chi connectivity index (χ4v) is 2.87. The number of benzene rings is 2. The van der Waals surface area contributed by atoms with Crippen molar-refractivity contribution < 1.29 is 5.11 Å². The maximum atomic E-state index is 10.2. The van der Waals surface area contributed by atoms with Crippen LogP contribution in [0.25, 0.3) is 22.3 Å². The molecule has 0 saturated carbocycles. The van der Waals surface area contributed by atoms with Gasteiger partial charge in [0.1, 0.15) is 11.6 Å². The molecule has 4 rings (SSSR count). The summed E-state index contributed by atoms with van der Waals surface area (Å²) in [5, 5.41) is 14.7. The Labute approximate surface area is 155 Å². The lowest BCUT2D eigenvalue weighted by Crippen LogP contribution is -2.00. The van der Waals surface area contributed by atoms with Crippen molar-refractivity contribution in [2.24, 2.45) is 0 Å². The molecule has 0 atom stereocenters. The minimum absolute atomic E-state index is 0.146. The molecule has 0 radical (unpaired) electrons. The highest BCUT2D eigenvalue weighted by Crippen LogP contribution is 2.32. The van der Waals surface area contributed by atoms with Crippen LogP contribution in [0.3, 0.4) is 0 Å². The summed E-state index contributed by atoms with van der Waals surface area (Å²) in [4.78, 5) is 13.4. The second kappa shape index (κ2) is 6.61. The van der Waals surface area contributed by atoms with Crippen molar-refractivity contribution in [3.05, 3.63) is 71.5 Å². The van der Waals surface area contributed by atoms with E-state index in [0.29, 0.717) is 22.4 Å². The average Bonchev–Trinajstić information content (AvgIpc) is 2.65. The van der Waals surface area contributed by atoms with Crippen molar-refractivity contribution in [3.63, 3.8) is 0 Å². The molecule has 0 unspecified atom stereocenters. The number of nitrogens with zero attached hydrogens (tertiary/aromatic N) is 3. The van der Waals surface area contributed by atoms with E-state index in [9.17, 15) is 5.11 Å². The molecule has 4 aromatic rings. The predicted molar refractivity (Wildman–Crippen MR) is 104 cm³/mol. The molecule has 2 N–H and O–H groups in total. The van der Waals surface area contributed by atoms with E-state index in [1.54, 1.807) is 30.6 Å². The lowest BCUT2D eigenvalue weighted by Gasteiger charge is -2.13. The summed E-state index contributed by atoms with van der Waals surface area (Å²) in [7, 11) is 0. The number of rotatable bonds is 3. The lowest BCUT2D eigenvalue weighted by atomic mass is 10.2. The molecule has 26 heavy (non-hydrogen) atoms. The van der Waals surface area contributed by atoms with E-state index in [0.717, 1.165) is 22.0 Å². The highest BCUT2D eigenvalue weighted by molar-refractivity contribution is 6.31. The first-order valence-electron chi connectivity index (χ1n) is 8.04. The van der Waals surface area contributed by atoms with E-state index in [2.05, 4.69) is 20.3 Å². The number of nitrogens with one attached hydrogen (secondary N) is 1. The highest BCUT2D eigenvalue weighted by Gasteiger charge is 2.12. The Balaban J connectivity index is 1.91. The number of aryl methyl sites for hydroxylation is 1. The molecule has 6 heteroatoms. The van der Waals surface area contributed by atoms with E-state index >= 15 is 0 Å². The average molecular weight is 363 g/mol. The van der Waals surface area contributed by atoms with Crippen LogP contribution >= 0.6 is 11.6 Å². The van der Waals surface area contributed by atoms with Gasteiger partial charge in [0, 0.05) is 28.4 Å². The van der Waals surface area contributed by atoms with Gasteiger partial charge in [0.05, 0.1) is 11.2 Å². The van der Waals surface area contributed by atoms with E-state index < -0.39 is 0 Å². The maximum Gasteiger partial charge on any atom is 0.163 e. The van der Waals surface area contributed by atoms with Gasteiger partial charge < -0.3 is 10.4 Å². The Hall–Kier alpha value is -3.18. The molecule has 0 saturated heterocycles. The van der Waals surface area contributed by atoms with Crippen molar-refractivity contribution in [1.29, 1.82) is 0 Å². The number of anilines is 2. The summed E-state index contributed by atoms with van der Waals surface area (Å²) in [6.45, 7) is 1.96. The zero-order valence-electron chi connectivity index (χ0n) is 13.9. The molecular formula is C20H15ClN4O. The topological polar surface area (TPSA) is 70.9 Å². The Morgan fingerprint density at radius 3 is 2.73 bits per heavy atom. The third-order valence-corrected chi connectivity index (χ3v) is 4.22. The smallest absolute Gasteiger partial charge is 0.163 e. The number of halogens is 1. The normalized spacial score (nSPS) is 10.8. The minimum atomic E-state index is 0.146. The molecule has 128 valence electrons. The molecular weight excluding hydrogens is 348 g/mol. The summed E-state index contributed by atoms with van der Waals surface area (Å²) in [5.41, 5.74) is 3.15. The van der Waals surface area contributed by atoms with Gasteiger partial charge in [-0.1, -0.05) is 17.7 Å². The van der Waals surface area contributed by atoms with E-state index in [1.165, 1.54) is 0 Å². The summed E-state index contributed by atoms with van der Waals surface area (Å²) in [6, 6.07) is 14.5. The molecule has 2 aromatic carbocycles. The zero-order valence-corrected chi connectivity index (χ0v) is 14.7. The van der Waals surface area contributed by atoms with Gasteiger partial charge in [-0.25, -0.2) is 9.97 Å². The molecule has 0 bridgehead atoms. The van der Waals surface area contributed by atoms with Gasteiger partial charge in [0.2, 0.25) is 0 Å². The van der Waals surface area contributed by atoms with Crippen molar-refractivity contribution in [2.45, 2.75) is 6.92 Å². The van der Waals surface area contributed by atoms with Crippen molar-refractivity contribution in [3.8, 4) is 17.1 Å². The molecule has 2 aromatic heterocycles. The van der Waals surface area contributed by atoms with Crippen LogP contribution in [-0.2, 0) is 0 Å². The first-order valence-corrected chi connectivity index (χ1v) is 8.42. The van der Waals surface area contributed by atoms with Crippen LogP contribution in [0, 0.1) is 6.92 Å². The number of hydrogen-bond acceptors (Lipinski definition) is 5. The number of fused-ring (bicyclic) bond motifs is 1. The van der Waals surface area contributed by atoms with Gasteiger partial charge in [-0.2, -0.15) is 0 Å². The van der Waals surface area contributed by atoms with Crippen LogP contribution in [0.2, 0.25) is 5.02 Å². The number of hydrogen-bond donors (Lipinski definition) is 2. The van der Waals surface area contributed by atoms with Gasteiger partial charge >= 0.3 is 0 Å². The van der Waals surface area contributed by atoms with Crippen molar-refractivity contribution in [2.75, 3.05) is 5.32 Å². The molecule has 0 aliphatic heterocycles. The zero-order chi connectivity index (χ0) is 18.1. The van der Waals surface area contributed by atoms with Crippen LogP contribution in [0.4, 0.5) is 11.5 Å². The summed E-state index contributed by atoms with van der Waals surface area (Å²) >= 11 is 6.16. The second-order valence-corrected chi connectivity index (χ2v) is 6.38. The van der Waals surface area contributed by atoms with Gasteiger partial charge in [0.15, 0.2) is 5.82 Å². The van der Waals surface area contributed by atoms with Crippen molar-refractivity contribution in [1.82, 2.24) is 15.0 Å². The van der Waals surface area contributed by atoms with Gasteiger partial charge in [-0.15, -0.1) is 0 Å². The minimum Gasteiger partial charge on any atom is -0.506 e. The SMILES string of the molecule is Cc1ccc(O)c(Nc2nc(-c3cccnc3)nc3ccc(Cl)cc23)c1. The van der Waals surface area contributed by atoms with Crippen LogP contribution in [0.15, 0.2) is 60.9 Å². The first kappa shape index (κ1) is 16.3. The number of aromatic hydroxyl groups is 1. The van der Waals surface area contributed by atoms with Crippen LogP contribution in [-0.4, -0.2) is 20.1 Å². The lowest BCUT2D eigenvalue weighted by molar-refractivity contribution is 0.477. The predicted octanol–water partition coefficient (Wildman–Crippen LogP) is 5.10. The fourth-order valence-electron chi connectivity index (χ4n) is 2.70. The van der Waals surface area contributed by atoms with Crippen LogP contribution in [0.5, 0.6) is 5.75 Å². The van der Waals surface area contributed by atoms with Gasteiger partial charge in [-0.3, -0.25) is 4.98 Å². The molecule has 0 aliphatic rings. The fraction of sp³-hybridized carbons (Fsp3) is 0.0500. The Morgan fingerprint density at radius 1 is 1.04 bits per heavy atom. The number of pyridine rings is 1. The molecule has 0 aliphatic carbocycles. The Morgan fingerprint density at radius 2 is 1.92 bits per heavy atom. The molecule has 0 amide bonds. The highest BCUT2D eigenvalue weighted by atomic mass is 35.5. The largest absolute Gasteiger partial charge is 0.506 e. The molecule has 2 heterocycles. The summed E-state index contributed by atoms with van der Waals surface area (Å²) in [6.07, 6.45) is 3.42. The van der Waals surface area contributed by atoms with Gasteiger partial charge in [-0.05, 0) is 55.0 Å². The standard InChI is InChI=1S/C20H15ClN4O/c1-12-4-7-18(26)17(9-12)24-20-15-10-14(21)5-6-16(15)23-19(25-20)13-3-2-8-22-11-13/h2-11,26H,1H3,(H,23,24,25). The first-order chi connectivity index (χ1) is 12.6. The van der Waals surface area contributed by atoms with E-state index in [1.807, 2.05) is 37.3 Å². The quantitative estimate of drug-likeness (QED) is 0.496. The number of phenolic OH excluding ortho intramolecular Hbond substituents is 1. The monoisotopic (exact) mass is 362 g/mol. The third-order valence-electron chi connectivity index (χ3n) is 3.98. The Kier molecular flexibility index (Phi) is 4.14. The van der Waals surface area contributed by atoms with Crippen LogP contribution < -0.4 is 5.32 Å².